The van der Waals surface area contributed by atoms with E-state index in [1.807, 2.05) is 24.4 Å². The average Bonchev–Trinajstić information content (AvgIpc) is 3.22. The highest BCUT2D eigenvalue weighted by Gasteiger charge is 2.31. The Labute approximate surface area is 195 Å². The predicted octanol–water partition coefficient (Wildman–Crippen LogP) is 4.16. The van der Waals surface area contributed by atoms with E-state index in [1.54, 1.807) is 28.8 Å². The molecule has 180 valence electrons. The van der Waals surface area contributed by atoms with Crippen LogP contribution >= 0.6 is 0 Å². The molecule has 1 aromatic heterocycles. The number of halogens is 3. The van der Waals surface area contributed by atoms with Gasteiger partial charge >= 0.3 is 6.18 Å². The number of nitrogens with zero attached hydrogens (tertiary/aromatic N) is 3. The number of fused-ring (bicyclic) bond motifs is 1. The van der Waals surface area contributed by atoms with Crippen molar-refractivity contribution in [3.8, 4) is 5.75 Å². The third kappa shape index (κ3) is 5.59. The maximum atomic E-state index is 13.0. The SMILES string of the molecule is C[C@](O)(CCn1cccn1)c1ccc2c(c1)CN(C(=O)Cc1cccc(C(F)(F)F)c1)CCO2. The molecule has 1 aliphatic rings. The highest BCUT2D eigenvalue weighted by molar-refractivity contribution is 5.79. The van der Waals surface area contributed by atoms with E-state index >= 15 is 0 Å². The Hall–Kier alpha value is -3.33. The lowest BCUT2D eigenvalue weighted by atomic mass is 9.91. The van der Waals surface area contributed by atoms with Crippen LogP contribution in [0.1, 0.15) is 35.6 Å². The number of alkyl halides is 3. The number of benzene rings is 2. The first kappa shape index (κ1) is 23.8. The highest BCUT2D eigenvalue weighted by Crippen LogP contribution is 2.32. The number of amides is 1. The molecule has 0 aliphatic carbocycles. The van der Waals surface area contributed by atoms with E-state index in [2.05, 4.69) is 5.10 Å². The van der Waals surface area contributed by atoms with Crippen LogP contribution in [0.3, 0.4) is 0 Å². The molecule has 2 heterocycles. The van der Waals surface area contributed by atoms with E-state index < -0.39 is 17.3 Å². The van der Waals surface area contributed by atoms with Crippen LogP contribution in [0.15, 0.2) is 60.9 Å². The standard InChI is InChI=1S/C25H26F3N3O3/c1-24(33,8-11-31-10-3-9-29-31)20-6-7-22-19(16-20)17-30(12-13-34-22)23(32)15-18-4-2-5-21(14-18)25(26,27)28/h2-7,9-10,14,16,33H,8,11-13,15,17H2,1H3/t24-/m0/s1. The van der Waals surface area contributed by atoms with Crippen LogP contribution in [0.5, 0.6) is 5.75 Å². The van der Waals surface area contributed by atoms with Crippen LogP contribution in [0.25, 0.3) is 0 Å². The zero-order chi connectivity index (χ0) is 24.3. The van der Waals surface area contributed by atoms with Crippen molar-refractivity contribution < 1.29 is 27.8 Å². The summed E-state index contributed by atoms with van der Waals surface area (Å²) in [5, 5.41) is 15.2. The number of carbonyl (C=O) groups is 1. The summed E-state index contributed by atoms with van der Waals surface area (Å²) in [6, 6.07) is 12.1. The summed E-state index contributed by atoms with van der Waals surface area (Å²) >= 11 is 0. The van der Waals surface area contributed by atoms with Crippen LogP contribution in [0.4, 0.5) is 13.2 Å². The molecular formula is C25H26F3N3O3. The molecule has 4 rings (SSSR count). The van der Waals surface area contributed by atoms with Gasteiger partial charge in [-0.25, -0.2) is 0 Å². The van der Waals surface area contributed by atoms with Gasteiger partial charge in [-0.3, -0.25) is 9.48 Å². The highest BCUT2D eigenvalue weighted by atomic mass is 19.4. The maximum Gasteiger partial charge on any atom is 0.416 e. The van der Waals surface area contributed by atoms with Crippen molar-refractivity contribution in [3.63, 3.8) is 0 Å². The number of aliphatic hydroxyl groups is 1. The lowest BCUT2D eigenvalue weighted by Crippen LogP contribution is -2.33. The molecule has 0 radical (unpaired) electrons. The molecule has 34 heavy (non-hydrogen) atoms. The Morgan fingerprint density at radius 3 is 2.71 bits per heavy atom. The largest absolute Gasteiger partial charge is 0.491 e. The van der Waals surface area contributed by atoms with Crippen molar-refractivity contribution in [2.24, 2.45) is 0 Å². The topological polar surface area (TPSA) is 67.6 Å². The van der Waals surface area contributed by atoms with E-state index in [0.29, 0.717) is 36.4 Å². The van der Waals surface area contributed by atoms with Crippen molar-refractivity contribution in [2.45, 2.75) is 44.6 Å². The van der Waals surface area contributed by atoms with E-state index in [4.69, 9.17) is 4.74 Å². The van der Waals surface area contributed by atoms with Crippen molar-refractivity contribution in [2.75, 3.05) is 13.2 Å². The van der Waals surface area contributed by atoms with Gasteiger partial charge in [-0.2, -0.15) is 18.3 Å². The zero-order valence-corrected chi connectivity index (χ0v) is 18.8. The van der Waals surface area contributed by atoms with Crippen LogP contribution < -0.4 is 4.74 Å². The fourth-order valence-electron chi connectivity index (χ4n) is 4.00. The maximum absolute atomic E-state index is 13.0. The average molecular weight is 473 g/mol. The fourth-order valence-corrected chi connectivity index (χ4v) is 4.00. The molecule has 1 aliphatic heterocycles. The summed E-state index contributed by atoms with van der Waals surface area (Å²) in [6.07, 6.45) is -0.652. The number of rotatable bonds is 6. The fraction of sp³-hybridized carbons (Fsp3) is 0.360. The molecule has 6 nitrogen and oxygen atoms in total. The smallest absolute Gasteiger partial charge is 0.416 e. The second kappa shape index (κ2) is 9.50. The molecule has 2 aromatic carbocycles. The molecule has 0 spiro atoms. The van der Waals surface area contributed by atoms with Gasteiger partial charge in [0, 0.05) is 31.0 Å². The van der Waals surface area contributed by atoms with Gasteiger partial charge in [0.05, 0.1) is 24.1 Å². The van der Waals surface area contributed by atoms with Gasteiger partial charge in [0.25, 0.3) is 0 Å². The summed E-state index contributed by atoms with van der Waals surface area (Å²) < 4.78 is 46.6. The van der Waals surface area contributed by atoms with Gasteiger partial charge in [0.15, 0.2) is 0 Å². The Bertz CT molecular complexity index is 1140. The molecule has 1 atom stereocenters. The number of hydrogen-bond donors (Lipinski definition) is 1. The molecular weight excluding hydrogens is 447 g/mol. The van der Waals surface area contributed by atoms with Crippen molar-refractivity contribution >= 4 is 5.91 Å². The minimum absolute atomic E-state index is 0.138. The molecule has 0 saturated carbocycles. The van der Waals surface area contributed by atoms with Gasteiger partial charge in [-0.1, -0.05) is 24.3 Å². The molecule has 3 aromatic rings. The summed E-state index contributed by atoms with van der Waals surface area (Å²) in [7, 11) is 0. The van der Waals surface area contributed by atoms with Gasteiger partial charge in [-0.05, 0) is 48.7 Å². The first-order valence-corrected chi connectivity index (χ1v) is 11.0. The second-order valence-corrected chi connectivity index (χ2v) is 8.65. The van der Waals surface area contributed by atoms with E-state index in [-0.39, 0.29) is 25.5 Å². The summed E-state index contributed by atoms with van der Waals surface area (Å²) in [6.45, 7) is 3.10. The number of aromatic nitrogens is 2. The zero-order valence-electron chi connectivity index (χ0n) is 18.8. The van der Waals surface area contributed by atoms with Gasteiger partial charge in [0.2, 0.25) is 5.91 Å². The third-order valence-corrected chi connectivity index (χ3v) is 6.01. The lowest BCUT2D eigenvalue weighted by molar-refractivity contribution is -0.138. The lowest BCUT2D eigenvalue weighted by Gasteiger charge is -2.25. The van der Waals surface area contributed by atoms with E-state index in [0.717, 1.165) is 17.7 Å². The summed E-state index contributed by atoms with van der Waals surface area (Å²) in [4.78, 5) is 14.5. The Balaban J connectivity index is 1.48. The second-order valence-electron chi connectivity index (χ2n) is 8.65. The van der Waals surface area contributed by atoms with Crippen LogP contribution in [0, 0.1) is 0 Å². The Kier molecular flexibility index (Phi) is 6.65. The van der Waals surface area contributed by atoms with E-state index in [9.17, 15) is 23.1 Å². The number of hydrogen-bond acceptors (Lipinski definition) is 4. The van der Waals surface area contributed by atoms with Gasteiger partial charge < -0.3 is 14.7 Å². The summed E-state index contributed by atoms with van der Waals surface area (Å²) in [5.41, 5.74) is -0.161. The Morgan fingerprint density at radius 2 is 1.97 bits per heavy atom. The number of carbonyl (C=O) groups excluding carboxylic acids is 1. The molecule has 1 N–H and O–H groups in total. The van der Waals surface area contributed by atoms with Crippen LogP contribution in [0.2, 0.25) is 0 Å². The minimum atomic E-state index is -4.46. The molecule has 0 bridgehead atoms. The predicted molar refractivity (Wildman–Crippen MR) is 119 cm³/mol. The molecule has 0 fully saturated rings. The van der Waals surface area contributed by atoms with Crippen molar-refractivity contribution in [3.05, 3.63) is 83.2 Å². The van der Waals surface area contributed by atoms with Crippen molar-refractivity contribution in [1.29, 1.82) is 0 Å². The molecule has 0 saturated heterocycles. The summed E-state index contributed by atoms with van der Waals surface area (Å²) in [5.74, 6) is 0.340. The molecule has 1 amide bonds. The Morgan fingerprint density at radius 1 is 1.15 bits per heavy atom. The van der Waals surface area contributed by atoms with E-state index in [1.165, 1.54) is 12.1 Å². The normalized spacial score (nSPS) is 15.7. The first-order chi connectivity index (χ1) is 16.1. The third-order valence-electron chi connectivity index (χ3n) is 6.01. The van der Waals surface area contributed by atoms with Gasteiger partial charge in [-0.15, -0.1) is 0 Å². The molecule has 0 unspecified atom stereocenters. The monoisotopic (exact) mass is 473 g/mol. The van der Waals surface area contributed by atoms with Crippen LogP contribution in [-0.2, 0) is 36.1 Å². The number of aryl methyl sites for hydroxylation is 1. The number of ether oxygens (including phenoxy) is 1. The first-order valence-electron chi connectivity index (χ1n) is 11.0. The minimum Gasteiger partial charge on any atom is -0.491 e. The van der Waals surface area contributed by atoms with Crippen molar-refractivity contribution in [1.82, 2.24) is 14.7 Å². The molecule has 9 heteroatoms. The van der Waals surface area contributed by atoms with Gasteiger partial charge in [0.1, 0.15) is 12.4 Å². The van der Waals surface area contributed by atoms with Crippen LogP contribution in [-0.4, -0.2) is 38.8 Å². The quantitative estimate of drug-likeness (QED) is 0.584.